The highest BCUT2D eigenvalue weighted by molar-refractivity contribution is 7.86. The van der Waals surface area contributed by atoms with Crippen molar-refractivity contribution in [1.82, 2.24) is 0 Å². The lowest BCUT2D eigenvalue weighted by Crippen LogP contribution is -2.49. The average molecular weight is 316 g/mol. The first-order valence-electron chi connectivity index (χ1n) is 6.70. The summed E-state index contributed by atoms with van der Waals surface area (Å²) in [5.74, 6) is 0. The number of rotatable bonds is 4. The molecule has 1 N–H and O–H groups in total. The van der Waals surface area contributed by atoms with Gasteiger partial charge in [-0.25, -0.2) is 0 Å². The minimum atomic E-state index is -3.94. The first-order chi connectivity index (χ1) is 9.83. The van der Waals surface area contributed by atoms with Crippen LogP contribution in [0.2, 0.25) is 0 Å². The van der Waals surface area contributed by atoms with E-state index in [1.165, 1.54) is 19.2 Å². The van der Waals surface area contributed by atoms with Gasteiger partial charge in [0.2, 0.25) is 0 Å². The largest absolute Gasteiger partial charge is 0.388 e. The number of hydrogen-bond donors (Lipinski definition) is 1. The molecule has 0 amide bonds. The minimum Gasteiger partial charge on any atom is -0.388 e. The van der Waals surface area contributed by atoms with Gasteiger partial charge in [0.15, 0.2) is 6.29 Å². The predicted molar refractivity (Wildman–Crippen MR) is 75.2 cm³/mol. The van der Waals surface area contributed by atoms with Gasteiger partial charge in [0.1, 0.15) is 12.2 Å². The average Bonchev–Trinajstić information content (AvgIpc) is 2.43. The summed E-state index contributed by atoms with van der Waals surface area (Å²) in [6, 6.07) is 6.34. The van der Waals surface area contributed by atoms with E-state index >= 15 is 0 Å². The second-order valence-electron chi connectivity index (χ2n) is 5.13. The zero-order valence-electron chi connectivity index (χ0n) is 12.2. The molecule has 1 saturated heterocycles. The molecule has 2 rings (SSSR count). The third-order valence-corrected chi connectivity index (χ3v) is 4.83. The summed E-state index contributed by atoms with van der Waals surface area (Å²) in [5.41, 5.74) is 0.952. The Hall–Kier alpha value is -0.990. The Morgan fingerprint density at radius 1 is 1.29 bits per heavy atom. The summed E-state index contributed by atoms with van der Waals surface area (Å²) in [4.78, 5) is 0.0633. The summed E-state index contributed by atoms with van der Waals surface area (Å²) in [6.07, 6.45) is -2.95. The fourth-order valence-corrected chi connectivity index (χ4v) is 3.28. The van der Waals surface area contributed by atoms with Crippen LogP contribution in [0.4, 0.5) is 0 Å². The maximum absolute atomic E-state index is 12.2. The molecule has 1 aliphatic rings. The van der Waals surface area contributed by atoms with Crippen LogP contribution in [0.15, 0.2) is 29.2 Å². The molecule has 0 aromatic heterocycles. The summed E-state index contributed by atoms with van der Waals surface area (Å²) in [6.45, 7) is 3.51. The molecule has 0 aliphatic carbocycles. The molecule has 0 bridgehead atoms. The highest BCUT2D eigenvalue weighted by Gasteiger charge is 2.39. The molecule has 21 heavy (non-hydrogen) atoms. The van der Waals surface area contributed by atoms with Crippen molar-refractivity contribution in [2.24, 2.45) is 0 Å². The summed E-state index contributed by atoms with van der Waals surface area (Å²) >= 11 is 0. The van der Waals surface area contributed by atoms with Gasteiger partial charge in [0.05, 0.1) is 11.0 Å². The van der Waals surface area contributed by atoms with Crippen LogP contribution >= 0.6 is 0 Å². The van der Waals surface area contributed by atoms with Crippen molar-refractivity contribution >= 4 is 10.1 Å². The van der Waals surface area contributed by atoms with Gasteiger partial charge in [-0.3, -0.25) is 4.18 Å². The van der Waals surface area contributed by atoms with Gasteiger partial charge in [0.25, 0.3) is 10.1 Å². The van der Waals surface area contributed by atoms with Crippen molar-refractivity contribution in [3.63, 3.8) is 0 Å². The van der Waals surface area contributed by atoms with E-state index in [9.17, 15) is 13.5 Å². The molecule has 1 heterocycles. The number of aryl methyl sites for hydroxylation is 1. The molecule has 6 nitrogen and oxygen atoms in total. The zero-order chi connectivity index (χ0) is 15.6. The van der Waals surface area contributed by atoms with Crippen molar-refractivity contribution in [2.45, 2.75) is 49.8 Å². The quantitative estimate of drug-likeness (QED) is 0.841. The number of hydrogen-bond acceptors (Lipinski definition) is 6. The highest BCUT2D eigenvalue weighted by Crippen LogP contribution is 2.26. The summed E-state index contributed by atoms with van der Waals surface area (Å²) in [5, 5.41) is 10.0. The fraction of sp³-hybridized carbons (Fsp3) is 0.571. The van der Waals surface area contributed by atoms with Crippen LogP contribution < -0.4 is 0 Å². The monoisotopic (exact) mass is 316 g/mol. The number of benzene rings is 1. The van der Waals surface area contributed by atoms with Crippen molar-refractivity contribution in [1.29, 1.82) is 0 Å². The molecule has 0 unspecified atom stereocenters. The van der Waals surface area contributed by atoms with Gasteiger partial charge in [-0.2, -0.15) is 8.42 Å². The highest BCUT2D eigenvalue weighted by atomic mass is 32.2. The predicted octanol–water partition coefficient (Wildman–Crippen LogP) is 1.21. The molecule has 0 saturated carbocycles. The van der Waals surface area contributed by atoms with Crippen molar-refractivity contribution in [3.05, 3.63) is 29.8 Å². The van der Waals surface area contributed by atoms with E-state index in [2.05, 4.69) is 0 Å². The topological polar surface area (TPSA) is 82.1 Å². The molecule has 1 fully saturated rings. The number of ether oxygens (including phenoxy) is 2. The Bertz CT molecular complexity index is 568. The van der Waals surface area contributed by atoms with Crippen LogP contribution in [0, 0.1) is 6.92 Å². The van der Waals surface area contributed by atoms with E-state index in [-0.39, 0.29) is 11.3 Å². The SMILES string of the molecule is CO[C@H]1C[C@H](OS(=O)(=O)c2ccc(C)cc2)[C@@H](O)[C@H](C)O1. The van der Waals surface area contributed by atoms with Gasteiger partial charge in [-0.15, -0.1) is 0 Å². The Kier molecular flexibility index (Phi) is 5.00. The van der Waals surface area contributed by atoms with E-state index < -0.39 is 34.7 Å². The molecule has 118 valence electrons. The van der Waals surface area contributed by atoms with E-state index in [1.54, 1.807) is 19.1 Å². The van der Waals surface area contributed by atoms with Gasteiger partial charge in [0, 0.05) is 13.5 Å². The van der Waals surface area contributed by atoms with Crippen molar-refractivity contribution in [2.75, 3.05) is 7.11 Å². The minimum absolute atomic E-state index is 0.0633. The zero-order valence-corrected chi connectivity index (χ0v) is 13.0. The van der Waals surface area contributed by atoms with Crippen LogP contribution in [-0.2, 0) is 23.8 Å². The van der Waals surface area contributed by atoms with Crippen LogP contribution in [0.3, 0.4) is 0 Å². The number of aliphatic hydroxyl groups is 1. The smallest absolute Gasteiger partial charge is 0.297 e. The molecule has 0 radical (unpaired) electrons. The van der Waals surface area contributed by atoms with Gasteiger partial charge in [-0.1, -0.05) is 17.7 Å². The maximum Gasteiger partial charge on any atom is 0.297 e. The Labute approximate surface area is 124 Å². The van der Waals surface area contributed by atoms with Crippen LogP contribution in [0.25, 0.3) is 0 Å². The van der Waals surface area contributed by atoms with Crippen molar-refractivity contribution in [3.8, 4) is 0 Å². The molecule has 0 spiro atoms. The fourth-order valence-electron chi connectivity index (χ4n) is 2.18. The lowest BCUT2D eigenvalue weighted by Gasteiger charge is -2.36. The first kappa shape index (κ1) is 16.4. The summed E-state index contributed by atoms with van der Waals surface area (Å²) in [7, 11) is -2.48. The second kappa shape index (κ2) is 6.41. The Balaban J connectivity index is 2.16. The van der Waals surface area contributed by atoms with Crippen LogP contribution in [0.5, 0.6) is 0 Å². The second-order valence-corrected chi connectivity index (χ2v) is 6.71. The molecule has 4 atom stereocenters. The van der Waals surface area contributed by atoms with Gasteiger partial charge >= 0.3 is 0 Å². The number of methoxy groups -OCH3 is 1. The molecule has 1 aromatic rings. The third kappa shape index (κ3) is 3.81. The molecule has 1 aliphatic heterocycles. The van der Waals surface area contributed by atoms with Gasteiger partial charge < -0.3 is 14.6 Å². The molecule has 7 heteroatoms. The Morgan fingerprint density at radius 2 is 1.90 bits per heavy atom. The first-order valence-corrected chi connectivity index (χ1v) is 8.10. The Morgan fingerprint density at radius 3 is 2.48 bits per heavy atom. The molecular weight excluding hydrogens is 296 g/mol. The van der Waals surface area contributed by atoms with Crippen LogP contribution in [-0.4, -0.2) is 45.2 Å². The summed E-state index contributed by atoms with van der Waals surface area (Å²) < 4.78 is 40.1. The standard InChI is InChI=1S/C14H20O6S/c1-9-4-6-11(7-5-9)21(16,17)20-12-8-13(18-3)19-10(2)14(12)15/h4-7,10,12-15H,8H2,1-3H3/t10-,12-,13+,14-/m0/s1. The third-order valence-electron chi connectivity index (χ3n) is 3.48. The molecule has 1 aromatic carbocycles. The lowest BCUT2D eigenvalue weighted by atomic mass is 10.0. The number of aliphatic hydroxyl groups excluding tert-OH is 1. The van der Waals surface area contributed by atoms with Crippen molar-refractivity contribution < 1.29 is 27.2 Å². The van der Waals surface area contributed by atoms with E-state index in [0.717, 1.165) is 5.56 Å². The maximum atomic E-state index is 12.2. The van der Waals surface area contributed by atoms with Gasteiger partial charge in [-0.05, 0) is 26.0 Å². The lowest BCUT2D eigenvalue weighted by molar-refractivity contribution is -0.232. The van der Waals surface area contributed by atoms with E-state index in [0.29, 0.717) is 0 Å². The van der Waals surface area contributed by atoms with E-state index in [1.807, 2.05) is 6.92 Å². The van der Waals surface area contributed by atoms with Crippen LogP contribution in [0.1, 0.15) is 18.9 Å². The normalized spacial score (nSPS) is 30.3. The molecular formula is C14H20O6S. The van der Waals surface area contributed by atoms with E-state index in [4.69, 9.17) is 13.7 Å².